The van der Waals surface area contributed by atoms with Crippen LogP contribution >= 0.6 is 0 Å². The van der Waals surface area contributed by atoms with Crippen molar-refractivity contribution < 1.29 is 9.90 Å². The van der Waals surface area contributed by atoms with Gasteiger partial charge >= 0.3 is 5.97 Å². The molecular formula is C19H26O2. The SMILES string of the molecule is CCC1CCCCC1C1(C(=O)O)CCc2ccccc2C1. The van der Waals surface area contributed by atoms with Gasteiger partial charge in [-0.1, -0.05) is 56.9 Å². The number of carboxylic acid groups (broad SMARTS) is 1. The molecule has 1 fully saturated rings. The van der Waals surface area contributed by atoms with Crippen LogP contribution in [0.2, 0.25) is 0 Å². The van der Waals surface area contributed by atoms with Gasteiger partial charge in [0, 0.05) is 0 Å². The molecule has 0 heterocycles. The van der Waals surface area contributed by atoms with Crippen LogP contribution in [-0.2, 0) is 17.6 Å². The van der Waals surface area contributed by atoms with Gasteiger partial charge in [-0.25, -0.2) is 0 Å². The maximum absolute atomic E-state index is 12.2. The molecule has 114 valence electrons. The second-order valence-electron chi connectivity index (χ2n) is 6.97. The van der Waals surface area contributed by atoms with Gasteiger partial charge in [0.1, 0.15) is 0 Å². The van der Waals surface area contributed by atoms with E-state index in [-0.39, 0.29) is 0 Å². The highest BCUT2D eigenvalue weighted by Crippen LogP contribution is 2.50. The molecule has 2 aliphatic carbocycles. The number of carboxylic acids is 1. The van der Waals surface area contributed by atoms with Crippen LogP contribution in [0.1, 0.15) is 56.6 Å². The van der Waals surface area contributed by atoms with Crippen molar-refractivity contribution >= 4 is 5.97 Å². The third-order valence-electron chi connectivity index (χ3n) is 6.03. The summed E-state index contributed by atoms with van der Waals surface area (Å²) in [5.74, 6) is 0.407. The van der Waals surface area contributed by atoms with Crippen LogP contribution in [0.15, 0.2) is 24.3 Å². The minimum absolute atomic E-state index is 0.363. The lowest BCUT2D eigenvalue weighted by Gasteiger charge is -2.46. The van der Waals surface area contributed by atoms with Crippen molar-refractivity contribution in [2.24, 2.45) is 17.3 Å². The van der Waals surface area contributed by atoms with E-state index in [1.165, 1.54) is 30.4 Å². The van der Waals surface area contributed by atoms with Gasteiger partial charge in [-0.2, -0.15) is 0 Å². The molecule has 0 saturated heterocycles. The monoisotopic (exact) mass is 286 g/mol. The molecule has 0 radical (unpaired) electrons. The highest BCUT2D eigenvalue weighted by Gasteiger charge is 2.50. The second kappa shape index (κ2) is 5.82. The highest BCUT2D eigenvalue weighted by molar-refractivity contribution is 5.76. The molecule has 3 rings (SSSR count). The van der Waals surface area contributed by atoms with Gasteiger partial charge in [-0.15, -0.1) is 0 Å². The van der Waals surface area contributed by atoms with E-state index in [1.54, 1.807) is 0 Å². The summed E-state index contributed by atoms with van der Waals surface area (Å²) in [5.41, 5.74) is 2.11. The minimum atomic E-state index is -0.553. The summed E-state index contributed by atoms with van der Waals surface area (Å²) < 4.78 is 0. The first-order valence-electron chi connectivity index (χ1n) is 8.47. The Hall–Kier alpha value is -1.31. The molecule has 1 aromatic rings. The Morgan fingerprint density at radius 2 is 1.95 bits per heavy atom. The van der Waals surface area contributed by atoms with Gasteiger partial charge in [0.15, 0.2) is 0 Å². The first-order chi connectivity index (χ1) is 10.2. The van der Waals surface area contributed by atoms with Crippen molar-refractivity contribution in [3.63, 3.8) is 0 Å². The molecule has 0 aliphatic heterocycles. The average molecular weight is 286 g/mol. The van der Waals surface area contributed by atoms with E-state index in [0.717, 1.165) is 32.1 Å². The minimum Gasteiger partial charge on any atom is -0.481 e. The summed E-state index contributed by atoms with van der Waals surface area (Å²) >= 11 is 0. The molecule has 2 heteroatoms. The van der Waals surface area contributed by atoms with E-state index in [1.807, 2.05) is 0 Å². The quantitative estimate of drug-likeness (QED) is 0.890. The van der Waals surface area contributed by atoms with E-state index in [9.17, 15) is 9.90 Å². The van der Waals surface area contributed by atoms with Crippen LogP contribution in [0.25, 0.3) is 0 Å². The van der Waals surface area contributed by atoms with Crippen molar-refractivity contribution in [2.75, 3.05) is 0 Å². The lowest BCUT2D eigenvalue weighted by molar-refractivity contribution is -0.157. The molecule has 0 amide bonds. The van der Waals surface area contributed by atoms with Gasteiger partial charge in [-0.3, -0.25) is 4.79 Å². The van der Waals surface area contributed by atoms with E-state index in [4.69, 9.17) is 0 Å². The topological polar surface area (TPSA) is 37.3 Å². The number of fused-ring (bicyclic) bond motifs is 1. The zero-order valence-electron chi connectivity index (χ0n) is 13.0. The predicted octanol–water partition coefficient (Wildman–Crippen LogP) is 4.46. The van der Waals surface area contributed by atoms with Crippen LogP contribution in [0, 0.1) is 17.3 Å². The fraction of sp³-hybridized carbons (Fsp3) is 0.632. The smallest absolute Gasteiger partial charge is 0.310 e. The second-order valence-corrected chi connectivity index (χ2v) is 6.97. The van der Waals surface area contributed by atoms with Crippen molar-refractivity contribution in [3.8, 4) is 0 Å². The van der Waals surface area contributed by atoms with Crippen LogP contribution in [0.3, 0.4) is 0 Å². The van der Waals surface area contributed by atoms with Crippen LogP contribution in [0.5, 0.6) is 0 Å². The molecule has 0 bridgehead atoms. The first kappa shape index (κ1) is 14.6. The van der Waals surface area contributed by atoms with Gasteiger partial charge < -0.3 is 5.11 Å². The number of hydrogen-bond acceptors (Lipinski definition) is 1. The fourth-order valence-electron chi connectivity index (χ4n) is 4.84. The number of hydrogen-bond donors (Lipinski definition) is 1. The van der Waals surface area contributed by atoms with E-state index < -0.39 is 11.4 Å². The summed E-state index contributed by atoms with van der Waals surface area (Å²) in [6.07, 6.45) is 8.42. The summed E-state index contributed by atoms with van der Waals surface area (Å²) in [6.45, 7) is 2.23. The summed E-state index contributed by atoms with van der Waals surface area (Å²) in [4.78, 5) is 12.2. The third kappa shape index (κ3) is 2.49. The van der Waals surface area contributed by atoms with Gasteiger partial charge in [0.2, 0.25) is 0 Å². The van der Waals surface area contributed by atoms with Gasteiger partial charge in [0.25, 0.3) is 0 Å². The van der Waals surface area contributed by atoms with Crippen LogP contribution in [0.4, 0.5) is 0 Å². The first-order valence-corrected chi connectivity index (χ1v) is 8.47. The Morgan fingerprint density at radius 3 is 2.67 bits per heavy atom. The zero-order valence-corrected chi connectivity index (χ0v) is 13.0. The van der Waals surface area contributed by atoms with Crippen molar-refractivity contribution in [3.05, 3.63) is 35.4 Å². The van der Waals surface area contributed by atoms with Gasteiger partial charge in [-0.05, 0) is 48.6 Å². The molecule has 0 aromatic heterocycles. The zero-order chi connectivity index (χ0) is 14.9. The largest absolute Gasteiger partial charge is 0.481 e. The van der Waals surface area contributed by atoms with Crippen molar-refractivity contribution in [1.29, 1.82) is 0 Å². The molecular weight excluding hydrogens is 260 g/mol. The lowest BCUT2D eigenvalue weighted by atomic mass is 9.57. The fourth-order valence-corrected chi connectivity index (χ4v) is 4.84. The number of benzene rings is 1. The molecule has 1 saturated carbocycles. The summed E-state index contributed by atoms with van der Waals surface area (Å²) in [7, 11) is 0. The molecule has 2 nitrogen and oxygen atoms in total. The Balaban J connectivity index is 1.96. The Bertz CT molecular complexity index is 522. The number of carbonyl (C=O) groups is 1. The van der Waals surface area contributed by atoms with Crippen LogP contribution < -0.4 is 0 Å². The van der Waals surface area contributed by atoms with Crippen molar-refractivity contribution in [1.82, 2.24) is 0 Å². The Labute approximate surface area is 127 Å². The average Bonchev–Trinajstić information content (AvgIpc) is 2.54. The molecule has 1 aromatic carbocycles. The van der Waals surface area contributed by atoms with E-state index >= 15 is 0 Å². The molecule has 1 N–H and O–H groups in total. The van der Waals surface area contributed by atoms with Crippen LogP contribution in [-0.4, -0.2) is 11.1 Å². The Morgan fingerprint density at radius 1 is 1.24 bits per heavy atom. The molecule has 21 heavy (non-hydrogen) atoms. The molecule has 3 atom stereocenters. The molecule has 3 unspecified atom stereocenters. The lowest BCUT2D eigenvalue weighted by Crippen LogP contribution is -2.47. The standard InChI is InChI=1S/C19H26O2/c1-2-14-7-5-6-10-17(14)19(18(20)21)12-11-15-8-3-4-9-16(15)13-19/h3-4,8-9,14,17H,2,5-7,10-13H2,1H3,(H,20,21). The maximum atomic E-state index is 12.2. The number of rotatable bonds is 3. The van der Waals surface area contributed by atoms with Gasteiger partial charge in [0.05, 0.1) is 5.41 Å². The number of aliphatic carboxylic acids is 1. The Kier molecular flexibility index (Phi) is 4.05. The third-order valence-corrected chi connectivity index (χ3v) is 6.03. The predicted molar refractivity (Wildman–Crippen MR) is 84.3 cm³/mol. The highest BCUT2D eigenvalue weighted by atomic mass is 16.4. The molecule has 2 aliphatic rings. The van der Waals surface area contributed by atoms with E-state index in [2.05, 4.69) is 31.2 Å². The number of aryl methyl sites for hydroxylation is 1. The molecule has 0 spiro atoms. The normalized spacial score (nSPS) is 32.4. The maximum Gasteiger partial charge on any atom is 0.310 e. The summed E-state index contributed by atoms with van der Waals surface area (Å²) in [5, 5.41) is 10.1. The van der Waals surface area contributed by atoms with Crippen molar-refractivity contribution in [2.45, 2.75) is 58.3 Å². The summed E-state index contributed by atoms with van der Waals surface area (Å²) in [6, 6.07) is 8.42. The van der Waals surface area contributed by atoms with E-state index in [0.29, 0.717) is 11.8 Å².